The summed E-state index contributed by atoms with van der Waals surface area (Å²) in [4.78, 5) is 2.17. The Kier molecular flexibility index (Phi) is 5.75. The van der Waals surface area contributed by atoms with Crippen molar-refractivity contribution in [3.05, 3.63) is 35.4 Å². The van der Waals surface area contributed by atoms with Crippen molar-refractivity contribution in [2.45, 2.75) is 31.2 Å². The quantitative estimate of drug-likeness (QED) is 0.820. The van der Waals surface area contributed by atoms with Crippen molar-refractivity contribution in [2.75, 3.05) is 27.2 Å². The van der Waals surface area contributed by atoms with Gasteiger partial charge in [-0.2, -0.15) is 0 Å². The second kappa shape index (κ2) is 7.35. The highest BCUT2D eigenvalue weighted by molar-refractivity contribution is 7.88. The summed E-state index contributed by atoms with van der Waals surface area (Å²) in [5, 5.41) is 3.07. The maximum absolute atomic E-state index is 12.2. The van der Waals surface area contributed by atoms with Gasteiger partial charge in [0.1, 0.15) is 0 Å². The fourth-order valence-corrected chi connectivity index (χ4v) is 4.15. The van der Waals surface area contributed by atoms with Crippen molar-refractivity contribution >= 4 is 10.0 Å². The highest BCUT2D eigenvalue weighted by Gasteiger charge is 2.22. The van der Waals surface area contributed by atoms with Crippen LogP contribution in [-0.2, 0) is 22.3 Å². The number of likely N-dealkylation sites (N-methyl/N-ethyl adjacent to an activating group) is 1. The highest BCUT2D eigenvalue weighted by atomic mass is 32.2. The summed E-state index contributed by atoms with van der Waals surface area (Å²) in [5.41, 5.74) is 1.98. The van der Waals surface area contributed by atoms with E-state index in [1.54, 1.807) is 0 Å². The minimum absolute atomic E-state index is 0.0392. The molecule has 2 rings (SSSR count). The lowest BCUT2D eigenvalue weighted by Crippen LogP contribution is -2.46. The fourth-order valence-electron chi connectivity index (χ4n) is 2.74. The first-order valence-corrected chi connectivity index (χ1v) is 9.05. The fraction of sp³-hybridized carbons (Fsp3) is 0.600. The van der Waals surface area contributed by atoms with Gasteiger partial charge in [-0.15, -0.1) is 0 Å². The van der Waals surface area contributed by atoms with Crippen LogP contribution < -0.4 is 10.0 Å². The molecular formula is C15H25N3O2S. The van der Waals surface area contributed by atoms with Crippen molar-refractivity contribution in [1.29, 1.82) is 0 Å². The van der Waals surface area contributed by atoms with E-state index in [2.05, 4.69) is 14.9 Å². The van der Waals surface area contributed by atoms with Gasteiger partial charge >= 0.3 is 0 Å². The van der Waals surface area contributed by atoms with Crippen LogP contribution in [0.25, 0.3) is 0 Å². The lowest BCUT2D eigenvalue weighted by atomic mass is 10.1. The van der Waals surface area contributed by atoms with Crippen molar-refractivity contribution < 1.29 is 8.42 Å². The lowest BCUT2D eigenvalue weighted by molar-refractivity contribution is 0.242. The van der Waals surface area contributed by atoms with E-state index in [4.69, 9.17) is 0 Å². The number of benzene rings is 1. The number of hydrogen-bond acceptors (Lipinski definition) is 4. The van der Waals surface area contributed by atoms with Gasteiger partial charge in [-0.1, -0.05) is 24.3 Å². The summed E-state index contributed by atoms with van der Waals surface area (Å²) in [7, 11) is 0.646. The van der Waals surface area contributed by atoms with E-state index in [0.717, 1.165) is 43.6 Å². The molecule has 1 unspecified atom stereocenters. The molecule has 0 spiro atoms. The molecule has 5 nitrogen and oxygen atoms in total. The standard InChI is InChI=1S/C15H25N3O2S/c1-16-10-13-5-7-14(8-6-13)12-21(19,20)17-15-4-3-9-18(2)11-15/h5-8,15-17H,3-4,9-12H2,1-2H3. The molecule has 1 atom stereocenters. The lowest BCUT2D eigenvalue weighted by Gasteiger charge is -2.30. The van der Waals surface area contributed by atoms with Gasteiger partial charge in [0.15, 0.2) is 0 Å². The summed E-state index contributed by atoms with van der Waals surface area (Å²) in [6.07, 6.45) is 1.97. The average molecular weight is 311 g/mol. The third kappa shape index (κ3) is 5.39. The van der Waals surface area contributed by atoms with Gasteiger partial charge in [0.05, 0.1) is 5.75 Å². The van der Waals surface area contributed by atoms with E-state index >= 15 is 0 Å². The third-order valence-corrected chi connectivity index (χ3v) is 5.14. The van der Waals surface area contributed by atoms with Gasteiger partial charge in [0.25, 0.3) is 0 Å². The Balaban J connectivity index is 1.93. The van der Waals surface area contributed by atoms with E-state index in [-0.39, 0.29) is 11.8 Å². The maximum Gasteiger partial charge on any atom is 0.216 e. The van der Waals surface area contributed by atoms with Gasteiger partial charge in [-0.3, -0.25) is 0 Å². The van der Waals surface area contributed by atoms with Gasteiger partial charge < -0.3 is 10.2 Å². The Labute approximate surface area is 127 Å². The summed E-state index contributed by atoms with van der Waals surface area (Å²) in [6, 6.07) is 7.75. The SMILES string of the molecule is CNCc1ccc(CS(=O)(=O)NC2CCCN(C)C2)cc1. The molecular weight excluding hydrogens is 286 g/mol. The van der Waals surface area contributed by atoms with Crippen LogP contribution in [0.15, 0.2) is 24.3 Å². The Morgan fingerprint density at radius 1 is 1.24 bits per heavy atom. The Hall–Kier alpha value is -0.950. The summed E-state index contributed by atoms with van der Waals surface area (Å²) < 4.78 is 27.3. The molecule has 0 aromatic heterocycles. The molecule has 1 aliphatic heterocycles. The minimum atomic E-state index is -3.28. The molecule has 0 radical (unpaired) electrons. The van der Waals surface area contributed by atoms with E-state index in [9.17, 15) is 8.42 Å². The van der Waals surface area contributed by atoms with E-state index in [1.807, 2.05) is 38.4 Å². The molecule has 1 saturated heterocycles. The number of nitrogens with one attached hydrogen (secondary N) is 2. The Bertz CT molecular complexity index is 543. The van der Waals surface area contributed by atoms with E-state index in [1.165, 1.54) is 0 Å². The van der Waals surface area contributed by atoms with Crippen molar-refractivity contribution in [1.82, 2.24) is 14.9 Å². The van der Waals surface area contributed by atoms with Crippen LogP contribution in [-0.4, -0.2) is 46.5 Å². The smallest absolute Gasteiger partial charge is 0.216 e. The molecule has 1 aromatic rings. The van der Waals surface area contributed by atoms with Crippen LogP contribution >= 0.6 is 0 Å². The first kappa shape index (κ1) is 16.4. The zero-order chi connectivity index (χ0) is 15.3. The molecule has 1 aliphatic rings. The molecule has 0 amide bonds. The predicted molar refractivity (Wildman–Crippen MR) is 85.5 cm³/mol. The van der Waals surface area contributed by atoms with Crippen LogP contribution in [0.4, 0.5) is 0 Å². The van der Waals surface area contributed by atoms with Crippen LogP contribution in [0.1, 0.15) is 24.0 Å². The predicted octanol–water partition coefficient (Wildman–Crippen LogP) is 0.920. The Morgan fingerprint density at radius 2 is 1.90 bits per heavy atom. The van der Waals surface area contributed by atoms with Gasteiger partial charge in [0, 0.05) is 19.1 Å². The second-order valence-corrected chi connectivity index (χ2v) is 7.58. The molecule has 0 aliphatic carbocycles. The molecule has 118 valence electrons. The Morgan fingerprint density at radius 3 is 2.52 bits per heavy atom. The number of likely N-dealkylation sites (tertiary alicyclic amines) is 1. The summed E-state index contributed by atoms with van der Waals surface area (Å²) in [6.45, 7) is 2.63. The van der Waals surface area contributed by atoms with Gasteiger partial charge in [-0.05, 0) is 44.6 Å². The van der Waals surface area contributed by atoms with Crippen molar-refractivity contribution in [3.63, 3.8) is 0 Å². The van der Waals surface area contributed by atoms with Gasteiger partial charge in [-0.25, -0.2) is 13.1 Å². The van der Waals surface area contributed by atoms with Gasteiger partial charge in [0.2, 0.25) is 10.0 Å². The normalized spacial score (nSPS) is 20.6. The van der Waals surface area contributed by atoms with Crippen LogP contribution in [0.3, 0.4) is 0 Å². The molecule has 1 fully saturated rings. The molecule has 1 heterocycles. The molecule has 21 heavy (non-hydrogen) atoms. The summed E-state index contributed by atoms with van der Waals surface area (Å²) >= 11 is 0. The van der Waals surface area contributed by atoms with Crippen molar-refractivity contribution in [3.8, 4) is 0 Å². The number of nitrogens with zero attached hydrogens (tertiary/aromatic N) is 1. The monoisotopic (exact) mass is 311 g/mol. The van der Waals surface area contributed by atoms with E-state index in [0.29, 0.717) is 0 Å². The van der Waals surface area contributed by atoms with Crippen LogP contribution in [0.5, 0.6) is 0 Å². The van der Waals surface area contributed by atoms with E-state index < -0.39 is 10.0 Å². The van der Waals surface area contributed by atoms with Crippen LogP contribution in [0, 0.1) is 0 Å². The number of sulfonamides is 1. The maximum atomic E-state index is 12.2. The first-order chi connectivity index (χ1) is 9.98. The zero-order valence-electron chi connectivity index (χ0n) is 12.8. The summed E-state index contributed by atoms with van der Waals surface area (Å²) in [5.74, 6) is 0.0487. The average Bonchev–Trinajstić information content (AvgIpc) is 2.40. The largest absolute Gasteiger partial charge is 0.316 e. The number of piperidine rings is 1. The number of rotatable bonds is 6. The zero-order valence-corrected chi connectivity index (χ0v) is 13.6. The third-order valence-electron chi connectivity index (χ3n) is 3.73. The first-order valence-electron chi connectivity index (χ1n) is 7.39. The van der Waals surface area contributed by atoms with Crippen LogP contribution in [0.2, 0.25) is 0 Å². The molecule has 1 aromatic carbocycles. The molecule has 0 bridgehead atoms. The minimum Gasteiger partial charge on any atom is -0.316 e. The molecule has 2 N–H and O–H groups in total. The highest BCUT2D eigenvalue weighted by Crippen LogP contribution is 2.12. The topological polar surface area (TPSA) is 61.4 Å². The van der Waals surface area contributed by atoms with Crippen molar-refractivity contribution in [2.24, 2.45) is 0 Å². The molecule has 0 saturated carbocycles. The molecule has 6 heteroatoms. The number of hydrogen-bond donors (Lipinski definition) is 2. The second-order valence-electron chi connectivity index (χ2n) is 5.83.